The van der Waals surface area contributed by atoms with Gasteiger partial charge in [0.05, 0.1) is 22.6 Å². The number of hydrogen-bond donors (Lipinski definition) is 1. The van der Waals surface area contributed by atoms with E-state index in [1.807, 2.05) is 20.8 Å². The second-order valence-electron chi connectivity index (χ2n) is 7.94. The van der Waals surface area contributed by atoms with Gasteiger partial charge < -0.3 is 9.72 Å². The minimum Gasteiger partial charge on any atom is -0.405 e. The fourth-order valence-corrected chi connectivity index (χ4v) is 3.70. The van der Waals surface area contributed by atoms with Gasteiger partial charge in [0.2, 0.25) is 0 Å². The zero-order valence-corrected chi connectivity index (χ0v) is 17.8. The van der Waals surface area contributed by atoms with Gasteiger partial charge in [-0.1, -0.05) is 44.5 Å². The topological polar surface area (TPSA) is 81.5 Å². The third-order valence-electron chi connectivity index (χ3n) is 4.52. The lowest BCUT2D eigenvalue weighted by Gasteiger charge is -2.15. The first-order valence-corrected chi connectivity index (χ1v) is 9.63. The molecule has 11 heteroatoms. The van der Waals surface area contributed by atoms with Crippen LogP contribution < -0.4 is 4.74 Å². The molecule has 1 aromatic carbocycles. The molecule has 162 valence electrons. The van der Waals surface area contributed by atoms with E-state index in [0.29, 0.717) is 33.5 Å². The molecule has 3 heterocycles. The number of halogens is 4. The van der Waals surface area contributed by atoms with Gasteiger partial charge in [-0.15, -0.1) is 13.2 Å². The van der Waals surface area contributed by atoms with Crippen molar-refractivity contribution in [3.05, 3.63) is 41.2 Å². The van der Waals surface area contributed by atoms with Crippen LogP contribution in [0.4, 0.5) is 13.2 Å². The van der Waals surface area contributed by atoms with Gasteiger partial charge in [-0.05, 0) is 12.1 Å². The van der Waals surface area contributed by atoms with Crippen LogP contribution in [-0.4, -0.2) is 36.1 Å². The first-order valence-electron chi connectivity index (χ1n) is 9.25. The highest BCUT2D eigenvalue weighted by atomic mass is 35.5. The van der Waals surface area contributed by atoms with E-state index < -0.39 is 6.36 Å². The Balaban J connectivity index is 1.79. The van der Waals surface area contributed by atoms with Crippen LogP contribution in [0.15, 0.2) is 30.5 Å². The number of aryl methyl sites for hydroxylation is 1. The summed E-state index contributed by atoms with van der Waals surface area (Å²) in [7, 11) is 1.75. The van der Waals surface area contributed by atoms with Crippen LogP contribution in [0.1, 0.15) is 26.5 Å². The highest BCUT2D eigenvalue weighted by Gasteiger charge is 2.32. The maximum absolute atomic E-state index is 12.7. The zero-order chi connectivity index (χ0) is 22.6. The Morgan fingerprint density at radius 3 is 2.45 bits per heavy atom. The molecule has 0 bridgehead atoms. The van der Waals surface area contributed by atoms with Crippen molar-refractivity contribution in [1.29, 1.82) is 0 Å². The van der Waals surface area contributed by atoms with Crippen LogP contribution in [0.25, 0.3) is 34.1 Å². The van der Waals surface area contributed by atoms with E-state index in [1.165, 1.54) is 24.4 Å². The molecular formula is C20H18ClF3N6O. The van der Waals surface area contributed by atoms with Crippen LogP contribution in [0.2, 0.25) is 5.02 Å². The van der Waals surface area contributed by atoms with Crippen molar-refractivity contribution >= 4 is 22.9 Å². The van der Waals surface area contributed by atoms with Crippen LogP contribution in [0.3, 0.4) is 0 Å². The summed E-state index contributed by atoms with van der Waals surface area (Å²) in [6.07, 6.45) is -3.48. The van der Waals surface area contributed by atoms with Crippen molar-refractivity contribution in [2.45, 2.75) is 32.5 Å². The number of ether oxygens (including phenoxy) is 1. The molecule has 0 unspecified atom stereocenters. The van der Waals surface area contributed by atoms with Crippen LogP contribution >= 0.6 is 11.6 Å². The summed E-state index contributed by atoms with van der Waals surface area (Å²) in [6, 6.07) is 5.73. The molecule has 0 aliphatic heterocycles. The Bertz CT molecular complexity index is 1270. The monoisotopic (exact) mass is 450 g/mol. The quantitative estimate of drug-likeness (QED) is 0.460. The molecular weight excluding hydrogens is 433 g/mol. The van der Waals surface area contributed by atoms with Gasteiger partial charge >= 0.3 is 6.36 Å². The molecule has 7 nitrogen and oxygen atoms in total. The zero-order valence-electron chi connectivity index (χ0n) is 17.0. The van der Waals surface area contributed by atoms with Gasteiger partial charge in [0.15, 0.2) is 17.1 Å². The number of H-pyrrole nitrogens is 1. The lowest BCUT2D eigenvalue weighted by molar-refractivity contribution is -0.274. The lowest BCUT2D eigenvalue weighted by atomic mass is 9.92. The lowest BCUT2D eigenvalue weighted by Crippen LogP contribution is -2.17. The molecule has 0 aliphatic carbocycles. The summed E-state index contributed by atoms with van der Waals surface area (Å²) in [5.74, 6) is 0.0374. The number of para-hydroxylation sites is 1. The molecule has 0 atom stereocenters. The number of nitrogens with one attached hydrogen (secondary N) is 1. The average molecular weight is 451 g/mol. The summed E-state index contributed by atoms with van der Waals surface area (Å²) < 4.78 is 44.0. The normalized spacial score (nSPS) is 12.5. The van der Waals surface area contributed by atoms with Gasteiger partial charge in [0.25, 0.3) is 0 Å². The number of nitrogens with zero attached hydrogens (tertiary/aromatic N) is 5. The number of aromatic nitrogens is 6. The third kappa shape index (κ3) is 4.07. The minimum absolute atomic E-state index is 0.152. The largest absolute Gasteiger partial charge is 0.573 e. The van der Waals surface area contributed by atoms with E-state index >= 15 is 0 Å². The van der Waals surface area contributed by atoms with Crippen molar-refractivity contribution < 1.29 is 17.9 Å². The molecule has 0 aliphatic rings. The maximum Gasteiger partial charge on any atom is 0.573 e. The molecule has 1 N–H and O–H groups in total. The molecule has 0 fully saturated rings. The number of benzene rings is 1. The number of fused-ring (bicyclic) bond motifs is 1. The molecule has 0 spiro atoms. The highest BCUT2D eigenvalue weighted by molar-refractivity contribution is 6.33. The Morgan fingerprint density at radius 2 is 1.81 bits per heavy atom. The minimum atomic E-state index is -4.82. The number of hydrogen-bond acceptors (Lipinski definition) is 5. The van der Waals surface area contributed by atoms with Gasteiger partial charge in [-0.2, -0.15) is 5.10 Å². The standard InChI is InChI=1S/C20H18ClF3N6O/c1-19(2,3)15-13(21)14(30(4)29-15)16-27-17-18(28-16)26-11(9-25-17)10-7-5-6-8-12(10)31-20(22,23)24/h5-9H,1-4H3,(H,25,26,27,28). The summed E-state index contributed by atoms with van der Waals surface area (Å²) in [4.78, 5) is 16.1. The average Bonchev–Trinajstić information content (AvgIpc) is 3.19. The third-order valence-corrected chi connectivity index (χ3v) is 4.88. The van der Waals surface area contributed by atoms with Gasteiger partial charge in [0.1, 0.15) is 11.4 Å². The molecule has 0 saturated heterocycles. The fraction of sp³-hybridized carbons (Fsp3) is 0.300. The number of imidazole rings is 1. The molecule has 3 aromatic heterocycles. The predicted molar refractivity (Wildman–Crippen MR) is 110 cm³/mol. The first kappa shape index (κ1) is 21.1. The molecule has 4 aromatic rings. The summed E-state index contributed by atoms with van der Waals surface area (Å²) in [5, 5.41) is 4.96. The van der Waals surface area contributed by atoms with Gasteiger partial charge in [-0.25, -0.2) is 15.0 Å². The molecule has 31 heavy (non-hydrogen) atoms. The first-order chi connectivity index (χ1) is 14.4. The molecule has 0 amide bonds. The summed E-state index contributed by atoms with van der Waals surface area (Å²) >= 11 is 6.58. The van der Waals surface area contributed by atoms with Crippen molar-refractivity contribution in [1.82, 2.24) is 29.7 Å². The number of aromatic amines is 1. The Morgan fingerprint density at radius 1 is 1.10 bits per heavy atom. The van der Waals surface area contributed by atoms with Crippen LogP contribution in [-0.2, 0) is 12.5 Å². The number of alkyl halides is 3. The van der Waals surface area contributed by atoms with Gasteiger partial charge in [-0.3, -0.25) is 4.68 Å². The van der Waals surface area contributed by atoms with E-state index in [4.69, 9.17) is 11.6 Å². The van der Waals surface area contributed by atoms with E-state index in [0.717, 1.165) is 0 Å². The van der Waals surface area contributed by atoms with Crippen LogP contribution in [0, 0.1) is 0 Å². The number of rotatable bonds is 3. The van der Waals surface area contributed by atoms with Gasteiger partial charge in [0, 0.05) is 18.0 Å². The molecule has 0 radical (unpaired) electrons. The SMILES string of the molecule is Cn1nc(C(C)(C)C)c(Cl)c1-c1nc2ncc(-c3ccccc3OC(F)(F)F)nc2[nH]1. The van der Waals surface area contributed by atoms with E-state index in [-0.39, 0.29) is 22.4 Å². The van der Waals surface area contributed by atoms with Crippen molar-refractivity contribution in [2.24, 2.45) is 7.05 Å². The Hall–Kier alpha value is -3.14. The predicted octanol–water partition coefficient (Wildman–Crippen LogP) is 5.27. The van der Waals surface area contributed by atoms with E-state index in [9.17, 15) is 13.2 Å². The summed E-state index contributed by atoms with van der Waals surface area (Å²) in [5.41, 5.74) is 1.95. The van der Waals surface area contributed by atoms with Crippen molar-refractivity contribution in [3.63, 3.8) is 0 Å². The molecule has 0 saturated carbocycles. The smallest absolute Gasteiger partial charge is 0.405 e. The maximum atomic E-state index is 12.7. The van der Waals surface area contributed by atoms with Crippen molar-refractivity contribution in [2.75, 3.05) is 0 Å². The highest BCUT2D eigenvalue weighted by Crippen LogP contribution is 2.36. The van der Waals surface area contributed by atoms with E-state index in [2.05, 4.69) is 29.8 Å². The Labute approximate surface area is 180 Å². The van der Waals surface area contributed by atoms with Crippen LogP contribution in [0.5, 0.6) is 5.75 Å². The molecule has 4 rings (SSSR count). The second-order valence-corrected chi connectivity index (χ2v) is 8.32. The van der Waals surface area contributed by atoms with Crippen molar-refractivity contribution in [3.8, 4) is 28.5 Å². The fourth-order valence-electron chi connectivity index (χ4n) is 3.16. The Kier molecular flexibility index (Phi) is 4.92. The van der Waals surface area contributed by atoms with E-state index in [1.54, 1.807) is 17.8 Å². The summed E-state index contributed by atoms with van der Waals surface area (Å²) in [6.45, 7) is 6.00. The second kappa shape index (κ2) is 7.23.